The van der Waals surface area contributed by atoms with Crippen LogP contribution in [0.4, 0.5) is 0 Å². The lowest BCUT2D eigenvalue weighted by molar-refractivity contribution is -0.126. The molecule has 0 atom stereocenters. The molecule has 2 aromatic rings. The standard InChI is InChI=1S/C18H22N2O3S/c1-13-5-6-16(10-14(13)2)24-9-7-17(21)20-12-18(22)19-11-15-4-3-8-23-15/h3-6,8,10H,7,9,11-12H2,1-2H3,(H,19,22)(H,20,21). The minimum absolute atomic E-state index is 0.0200. The molecule has 0 radical (unpaired) electrons. The lowest BCUT2D eigenvalue weighted by atomic mass is 10.1. The Morgan fingerprint density at radius 2 is 1.92 bits per heavy atom. The molecule has 0 saturated carbocycles. The third-order valence-electron chi connectivity index (χ3n) is 3.56. The fourth-order valence-corrected chi connectivity index (χ4v) is 2.94. The van der Waals surface area contributed by atoms with Gasteiger partial charge in [-0.15, -0.1) is 11.8 Å². The zero-order valence-electron chi connectivity index (χ0n) is 13.9. The molecule has 0 aliphatic carbocycles. The summed E-state index contributed by atoms with van der Waals surface area (Å²) in [4.78, 5) is 24.6. The summed E-state index contributed by atoms with van der Waals surface area (Å²) in [5.41, 5.74) is 2.51. The van der Waals surface area contributed by atoms with Gasteiger partial charge in [-0.1, -0.05) is 6.07 Å². The van der Waals surface area contributed by atoms with E-state index in [0.29, 0.717) is 24.5 Å². The van der Waals surface area contributed by atoms with Crippen LogP contribution in [0.2, 0.25) is 0 Å². The molecule has 128 valence electrons. The molecule has 0 aliphatic heterocycles. The van der Waals surface area contributed by atoms with Crippen molar-refractivity contribution in [3.63, 3.8) is 0 Å². The number of thioether (sulfide) groups is 1. The van der Waals surface area contributed by atoms with Crippen LogP contribution in [0.5, 0.6) is 0 Å². The average Bonchev–Trinajstić information content (AvgIpc) is 3.08. The SMILES string of the molecule is Cc1ccc(SCCC(=O)NCC(=O)NCc2ccco2)cc1C. The quantitative estimate of drug-likeness (QED) is 0.721. The molecule has 5 nitrogen and oxygen atoms in total. The molecule has 2 amide bonds. The molecule has 0 aliphatic rings. The van der Waals surface area contributed by atoms with E-state index in [1.165, 1.54) is 11.1 Å². The van der Waals surface area contributed by atoms with Gasteiger partial charge in [0.15, 0.2) is 0 Å². The zero-order chi connectivity index (χ0) is 17.4. The Hall–Kier alpha value is -2.21. The first kappa shape index (κ1) is 18.1. The second-order valence-corrected chi connectivity index (χ2v) is 6.65. The number of hydrogen-bond acceptors (Lipinski definition) is 4. The number of aryl methyl sites for hydroxylation is 2. The van der Waals surface area contributed by atoms with Crippen LogP contribution in [-0.4, -0.2) is 24.1 Å². The second-order valence-electron chi connectivity index (χ2n) is 5.48. The predicted octanol–water partition coefficient (Wildman–Crippen LogP) is 2.81. The van der Waals surface area contributed by atoms with E-state index in [-0.39, 0.29) is 18.4 Å². The highest BCUT2D eigenvalue weighted by Gasteiger charge is 2.07. The van der Waals surface area contributed by atoms with Gasteiger partial charge in [0.25, 0.3) is 0 Å². The van der Waals surface area contributed by atoms with E-state index >= 15 is 0 Å². The molecule has 24 heavy (non-hydrogen) atoms. The molecule has 1 heterocycles. The lowest BCUT2D eigenvalue weighted by Crippen LogP contribution is -2.36. The Kier molecular flexibility index (Phi) is 6.93. The van der Waals surface area contributed by atoms with Crippen molar-refractivity contribution in [2.24, 2.45) is 0 Å². The average molecular weight is 346 g/mol. The number of rotatable bonds is 8. The van der Waals surface area contributed by atoms with E-state index in [4.69, 9.17) is 4.42 Å². The number of hydrogen-bond donors (Lipinski definition) is 2. The van der Waals surface area contributed by atoms with E-state index in [1.54, 1.807) is 30.2 Å². The van der Waals surface area contributed by atoms with Gasteiger partial charge in [-0.2, -0.15) is 0 Å². The van der Waals surface area contributed by atoms with E-state index in [9.17, 15) is 9.59 Å². The fourth-order valence-electron chi connectivity index (χ4n) is 1.99. The maximum atomic E-state index is 11.8. The van der Waals surface area contributed by atoms with E-state index < -0.39 is 0 Å². The Bertz CT molecular complexity index is 684. The maximum absolute atomic E-state index is 11.8. The van der Waals surface area contributed by atoms with Crippen molar-refractivity contribution in [2.45, 2.75) is 31.7 Å². The molecule has 0 spiro atoms. The van der Waals surface area contributed by atoms with Crippen LogP contribution in [-0.2, 0) is 16.1 Å². The van der Waals surface area contributed by atoms with Crippen molar-refractivity contribution in [3.8, 4) is 0 Å². The molecular weight excluding hydrogens is 324 g/mol. The van der Waals surface area contributed by atoms with Gasteiger partial charge in [0.2, 0.25) is 11.8 Å². The number of carbonyl (C=O) groups excluding carboxylic acids is 2. The van der Waals surface area contributed by atoms with Crippen LogP contribution in [0.3, 0.4) is 0 Å². The summed E-state index contributed by atoms with van der Waals surface area (Å²) >= 11 is 1.64. The topological polar surface area (TPSA) is 71.3 Å². The summed E-state index contributed by atoms with van der Waals surface area (Å²) in [6, 6.07) is 9.81. The van der Waals surface area contributed by atoms with Gasteiger partial charge in [0.05, 0.1) is 19.4 Å². The first-order chi connectivity index (χ1) is 11.5. The maximum Gasteiger partial charge on any atom is 0.239 e. The number of carbonyl (C=O) groups is 2. The molecule has 0 bridgehead atoms. The molecule has 0 unspecified atom stereocenters. The first-order valence-corrected chi connectivity index (χ1v) is 8.79. The molecule has 6 heteroatoms. The second kappa shape index (κ2) is 9.17. The van der Waals surface area contributed by atoms with Crippen molar-refractivity contribution in [3.05, 3.63) is 53.5 Å². The highest BCUT2D eigenvalue weighted by Crippen LogP contribution is 2.21. The summed E-state index contributed by atoms with van der Waals surface area (Å²) in [7, 11) is 0. The van der Waals surface area contributed by atoms with Crippen molar-refractivity contribution < 1.29 is 14.0 Å². The number of amides is 2. The monoisotopic (exact) mass is 346 g/mol. The molecule has 0 saturated heterocycles. The summed E-state index contributed by atoms with van der Waals surface area (Å²) in [5, 5.41) is 5.31. The summed E-state index contributed by atoms with van der Waals surface area (Å²) in [5.74, 6) is 1.00. The van der Waals surface area contributed by atoms with Gasteiger partial charge in [0, 0.05) is 17.1 Å². The van der Waals surface area contributed by atoms with E-state index in [1.807, 2.05) is 0 Å². The summed E-state index contributed by atoms with van der Waals surface area (Å²) < 4.78 is 5.12. The van der Waals surface area contributed by atoms with Gasteiger partial charge in [-0.05, 0) is 49.2 Å². The summed E-state index contributed by atoms with van der Waals surface area (Å²) in [6.45, 7) is 4.46. The predicted molar refractivity (Wildman–Crippen MR) is 94.8 cm³/mol. The van der Waals surface area contributed by atoms with Crippen LogP contribution in [0.15, 0.2) is 45.9 Å². The van der Waals surface area contributed by atoms with Crippen molar-refractivity contribution in [1.82, 2.24) is 10.6 Å². The molecule has 2 rings (SSSR count). The normalized spacial score (nSPS) is 10.4. The molecule has 2 N–H and O–H groups in total. The van der Waals surface area contributed by atoms with Gasteiger partial charge in [-0.25, -0.2) is 0 Å². The highest BCUT2D eigenvalue weighted by atomic mass is 32.2. The Balaban J connectivity index is 1.60. The number of benzene rings is 1. The highest BCUT2D eigenvalue weighted by molar-refractivity contribution is 7.99. The molecule has 1 aromatic heterocycles. The van der Waals surface area contributed by atoms with Crippen LogP contribution in [0.25, 0.3) is 0 Å². The Morgan fingerprint density at radius 1 is 1.08 bits per heavy atom. The third-order valence-corrected chi connectivity index (χ3v) is 4.56. The first-order valence-electron chi connectivity index (χ1n) is 7.80. The molecule has 1 aromatic carbocycles. The van der Waals surface area contributed by atoms with Crippen LogP contribution in [0, 0.1) is 13.8 Å². The van der Waals surface area contributed by atoms with Gasteiger partial charge in [-0.3, -0.25) is 9.59 Å². The number of furan rings is 1. The van der Waals surface area contributed by atoms with E-state index in [0.717, 1.165) is 4.90 Å². The van der Waals surface area contributed by atoms with Crippen molar-refractivity contribution >= 4 is 23.6 Å². The van der Waals surface area contributed by atoms with Crippen molar-refractivity contribution in [2.75, 3.05) is 12.3 Å². The van der Waals surface area contributed by atoms with E-state index in [2.05, 4.69) is 42.7 Å². The van der Waals surface area contributed by atoms with Crippen molar-refractivity contribution in [1.29, 1.82) is 0 Å². The third kappa shape index (κ3) is 6.12. The Labute approximate surface area is 146 Å². The lowest BCUT2D eigenvalue weighted by Gasteiger charge is -2.07. The zero-order valence-corrected chi connectivity index (χ0v) is 14.7. The molecule has 0 fully saturated rings. The minimum atomic E-state index is -0.235. The van der Waals surface area contributed by atoms with Gasteiger partial charge in [0.1, 0.15) is 5.76 Å². The molecular formula is C18H22N2O3S. The smallest absolute Gasteiger partial charge is 0.239 e. The van der Waals surface area contributed by atoms with Crippen LogP contribution in [0.1, 0.15) is 23.3 Å². The summed E-state index contributed by atoms with van der Waals surface area (Å²) in [6.07, 6.45) is 1.93. The largest absolute Gasteiger partial charge is 0.467 e. The van der Waals surface area contributed by atoms with Gasteiger partial charge < -0.3 is 15.1 Å². The van der Waals surface area contributed by atoms with Gasteiger partial charge >= 0.3 is 0 Å². The minimum Gasteiger partial charge on any atom is -0.467 e. The fraction of sp³-hybridized carbons (Fsp3) is 0.333. The number of nitrogens with one attached hydrogen (secondary N) is 2. The van der Waals surface area contributed by atoms with Crippen LogP contribution >= 0.6 is 11.8 Å². The van der Waals surface area contributed by atoms with Crippen LogP contribution < -0.4 is 10.6 Å². The Morgan fingerprint density at radius 3 is 2.62 bits per heavy atom.